The van der Waals surface area contributed by atoms with Crippen LogP contribution in [0.3, 0.4) is 0 Å². The molecule has 1 heterocycles. The molecular formula is C44H30N2O. The monoisotopic (exact) mass is 602 g/mol. The van der Waals surface area contributed by atoms with Crippen molar-refractivity contribution in [3.05, 3.63) is 182 Å². The summed E-state index contributed by atoms with van der Waals surface area (Å²) in [5.41, 5.74) is 8.30. The Morgan fingerprint density at radius 1 is 0.298 bits per heavy atom. The maximum atomic E-state index is 6.44. The number of anilines is 6. The Morgan fingerprint density at radius 3 is 1.51 bits per heavy atom. The van der Waals surface area contributed by atoms with Crippen LogP contribution in [0.25, 0.3) is 43.5 Å². The second kappa shape index (κ2) is 11.2. The molecule has 0 aliphatic carbocycles. The lowest BCUT2D eigenvalue weighted by Crippen LogP contribution is -2.13. The van der Waals surface area contributed by atoms with E-state index in [1.54, 1.807) is 0 Å². The highest BCUT2D eigenvalue weighted by atomic mass is 16.3. The molecule has 3 heteroatoms. The van der Waals surface area contributed by atoms with Crippen molar-refractivity contribution < 1.29 is 4.42 Å². The Morgan fingerprint density at radius 2 is 0.830 bits per heavy atom. The van der Waals surface area contributed by atoms with Crippen LogP contribution in [0.15, 0.2) is 186 Å². The number of hydrogen-bond acceptors (Lipinski definition) is 3. The molecule has 0 amide bonds. The van der Waals surface area contributed by atoms with Crippen molar-refractivity contribution in [2.75, 3.05) is 9.80 Å². The maximum Gasteiger partial charge on any atom is 0.136 e. The smallest absolute Gasteiger partial charge is 0.136 e. The van der Waals surface area contributed by atoms with Crippen LogP contribution < -0.4 is 9.80 Å². The number of nitrogens with zero attached hydrogens (tertiary/aromatic N) is 2. The summed E-state index contributed by atoms with van der Waals surface area (Å²) in [6, 6.07) is 64.4. The quantitative estimate of drug-likeness (QED) is 0.177. The first-order valence-corrected chi connectivity index (χ1v) is 15.9. The third-order valence-corrected chi connectivity index (χ3v) is 8.97. The zero-order valence-electron chi connectivity index (χ0n) is 25.6. The second-order valence-corrected chi connectivity index (χ2v) is 11.8. The van der Waals surface area contributed by atoms with Crippen molar-refractivity contribution in [3.63, 3.8) is 0 Å². The van der Waals surface area contributed by atoms with Gasteiger partial charge in [-0.25, -0.2) is 0 Å². The molecule has 9 rings (SSSR count). The van der Waals surface area contributed by atoms with E-state index in [4.69, 9.17) is 4.42 Å². The van der Waals surface area contributed by atoms with E-state index in [0.29, 0.717) is 0 Å². The number of rotatable bonds is 6. The molecule has 222 valence electrons. The van der Waals surface area contributed by atoms with E-state index in [0.717, 1.165) is 61.4 Å². The minimum atomic E-state index is 0.885. The normalized spacial score (nSPS) is 11.4. The largest absolute Gasteiger partial charge is 0.456 e. The van der Waals surface area contributed by atoms with Crippen molar-refractivity contribution in [3.8, 4) is 0 Å². The number of benzene rings is 8. The van der Waals surface area contributed by atoms with Crippen LogP contribution in [0.4, 0.5) is 34.1 Å². The first kappa shape index (κ1) is 27.0. The molecule has 0 fully saturated rings. The molecule has 0 N–H and O–H groups in total. The fraction of sp³-hybridized carbons (Fsp3) is 0. The molecule has 0 bridgehead atoms. The fourth-order valence-electron chi connectivity index (χ4n) is 6.86. The highest BCUT2D eigenvalue weighted by molar-refractivity contribution is 6.20. The van der Waals surface area contributed by atoms with Gasteiger partial charge in [0.1, 0.15) is 11.2 Å². The van der Waals surface area contributed by atoms with Gasteiger partial charge in [-0.05, 0) is 95.0 Å². The van der Waals surface area contributed by atoms with Crippen LogP contribution in [0.2, 0.25) is 0 Å². The topological polar surface area (TPSA) is 19.6 Å². The fourth-order valence-corrected chi connectivity index (χ4v) is 6.86. The molecule has 0 aliphatic heterocycles. The van der Waals surface area contributed by atoms with Gasteiger partial charge in [-0.1, -0.05) is 103 Å². The highest BCUT2D eigenvalue weighted by Gasteiger charge is 2.21. The van der Waals surface area contributed by atoms with E-state index in [1.807, 2.05) is 12.1 Å². The minimum Gasteiger partial charge on any atom is -0.456 e. The molecule has 9 aromatic rings. The molecule has 0 aliphatic rings. The lowest BCUT2D eigenvalue weighted by molar-refractivity contribution is 0.669. The Labute approximate surface area is 273 Å². The number of para-hydroxylation sites is 4. The number of fused-ring (bicyclic) bond motifs is 6. The van der Waals surface area contributed by atoms with E-state index in [-0.39, 0.29) is 0 Å². The lowest BCUT2D eigenvalue weighted by Gasteiger charge is -2.30. The molecule has 8 aromatic carbocycles. The average Bonchev–Trinajstić information content (AvgIpc) is 3.50. The van der Waals surface area contributed by atoms with E-state index >= 15 is 0 Å². The Bertz CT molecular complexity index is 2480. The van der Waals surface area contributed by atoms with Crippen LogP contribution in [-0.4, -0.2) is 0 Å². The summed E-state index contributed by atoms with van der Waals surface area (Å²) in [6.45, 7) is 0. The summed E-state index contributed by atoms with van der Waals surface area (Å²) < 4.78 is 6.44. The zero-order valence-corrected chi connectivity index (χ0v) is 25.6. The first-order valence-electron chi connectivity index (χ1n) is 15.9. The van der Waals surface area contributed by atoms with E-state index in [2.05, 4.69) is 180 Å². The van der Waals surface area contributed by atoms with Gasteiger partial charge in [-0.2, -0.15) is 0 Å². The SMILES string of the molecule is c1ccc(N(c2ccccc2)c2cccc(N(c3ccccc3)c3cc4ccccc4c4cc5c(cc34)oc3ccccc35)c2)cc1. The lowest BCUT2D eigenvalue weighted by atomic mass is 9.97. The van der Waals surface area contributed by atoms with E-state index in [1.165, 1.54) is 16.2 Å². The summed E-state index contributed by atoms with van der Waals surface area (Å²) in [7, 11) is 0. The van der Waals surface area contributed by atoms with Crippen molar-refractivity contribution in [1.29, 1.82) is 0 Å². The summed E-state index contributed by atoms with van der Waals surface area (Å²) in [5, 5.41) is 7.00. The van der Waals surface area contributed by atoms with Gasteiger partial charge in [0.15, 0.2) is 0 Å². The molecule has 1 aromatic heterocycles. The summed E-state index contributed by atoms with van der Waals surface area (Å²) in [4.78, 5) is 4.68. The predicted octanol–water partition coefficient (Wildman–Crippen LogP) is 12.8. The number of furan rings is 1. The van der Waals surface area contributed by atoms with Gasteiger partial charge in [-0.3, -0.25) is 0 Å². The van der Waals surface area contributed by atoms with Crippen LogP contribution in [0.5, 0.6) is 0 Å². The standard InChI is InChI=1S/C44H30N2O/c1-4-16-32(17-5-1)45(33-18-6-2-7-19-33)35-22-14-23-36(28-35)46(34-20-8-3-9-21-34)42-27-31-15-10-11-24-37(31)39-29-41-38-25-12-13-26-43(38)47-44(41)30-40(39)42/h1-30H. The maximum absolute atomic E-state index is 6.44. The minimum absolute atomic E-state index is 0.885. The van der Waals surface area contributed by atoms with Crippen LogP contribution in [0.1, 0.15) is 0 Å². The molecule has 0 unspecified atom stereocenters. The Kier molecular flexibility index (Phi) is 6.46. The molecule has 47 heavy (non-hydrogen) atoms. The summed E-state index contributed by atoms with van der Waals surface area (Å²) >= 11 is 0. The van der Waals surface area contributed by atoms with Gasteiger partial charge in [0.2, 0.25) is 0 Å². The molecule has 0 radical (unpaired) electrons. The molecule has 0 saturated heterocycles. The van der Waals surface area contributed by atoms with Crippen molar-refractivity contribution in [2.45, 2.75) is 0 Å². The third kappa shape index (κ3) is 4.68. The molecule has 0 atom stereocenters. The van der Waals surface area contributed by atoms with Crippen molar-refractivity contribution >= 4 is 77.6 Å². The molecular weight excluding hydrogens is 572 g/mol. The van der Waals surface area contributed by atoms with E-state index < -0.39 is 0 Å². The van der Waals surface area contributed by atoms with Crippen LogP contribution in [0, 0.1) is 0 Å². The summed E-state index contributed by atoms with van der Waals surface area (Å²) in [5.74, 6) is 0. The van der Waals surface area contributed by atoms with E-state index in [9.17, 15) is 0 Å². The van der Waals surface area contributed by atoms with Gasteiger partial charge in [0.25, 0.3) is 0 Å². The van der Waals surface area contributed by atoms with Crippen LogP contribution >= 0.6 is 0 Å². The van der Waals surface area contributed by atoms with Gasteiger partial charge in [0, 0.05) is 44.6 Å². The Balaban J connectivity index is 1.32. The average molecular weight is 603 g/mol. The third-order valence-electron chi connectivity index (χ3n) is 8.97. The highest BCUT2D eigenvalue weighted by Crippen LogP contribution is 2.46. The Hall–Kier alpha value is -6.32. The first-order chi connectivity index (χ1) is 23.3. The second-order valence-electron chi connectivity index (χ2n) is 11.8. The zero-order chi connectivity index (χ0) is 31.2. The molecule has 0 saturated carbocycles. The summed E-state index contributed by atoms with van der Waals surface area (Å²) in [6.07, 6.45) is 0. The van der Waals surface area contributed by atoms with Crippen LogP contribution in [-0.2, 0) is 0 Å². The van der Waals surface area contributed by atoms with Gasteiger partial charge < -0.3 is 14.2 Å². The van der Waals surface area contributed by atoms with Gasteiger partial charge in [0.05, 0.1) is 5.69 Å². The van der Waals surface area contributed by atoms with Crippen molar-refractivity contribution in [2.24, 2.45) is 0 Å². The predicted molar refractivity (Wildman–Crippen MR) is 198 cm³/mol. The van der Waals surface area contributed by atoms with Gasteiger partial charge >= 0.3 is 0 Å². The van der Waals surface area contributed by atoms with Crippen molar-refractivity contribution in [1.82, 2.24) is 0 Å². The molecule has 0 spiro atoms. The van der Waals surface area contributed by atoms with Gasteiger partial charge in [-0.15, -0.1) is 0 Å². The number of hydrogen-bond donors (Lipinski definition) is 0. The molecule has 3 nitrogen and oxygen atoms in total.